The third-order valence-corrected chi connectivity index (χ3v) is 6.69. The van der Waals surface area contributed by atoms with Crippen LogP contribution in [-0.4, -0.2) is 30.3 Å². The smallest absolute Gasteiger partial charge is 0.408 e. The van der Waals surface area contributed by atoms with E-state index in [1.807, 2.05) is 122 Å². The number of hydrogen-bond donors (Lipinski definition) is 2. The minimum atomic E-state index is -1.17. The maximum Gasteiger partial charge on any atom is 0.408 e. The average molecular weight is 581 g/mol. The van der Waals surface area contributed by atoms with Gasteiger partial charge in [0.1, 0.15) is 17.4 Å². The van der Waals surface area contributed by atoms with Gasteiger partial charge >= 0.3 is 6.09 Å². The monoisotopic (exact) mass is 580 g/mol. The van der Waals surface area contributed by atoms with Gasteiger partial charge in [-0.3, -0.25) is 9.63 Å². The Morgan fingerprint density at radius 3 is 1.65 bits per heavy atom. The van der Waals surface area contributed by atoms with Crippen LogP contribution in [0.15, 0.2) is 115 Å². The summed E-state index contributed by atoms with van der Waals surface area (Å²) in [5, 5.41) is 2.74. The quantitative estimate of drug-likeness (QED) is 0.140. The molecule has 0 aromatic heterocycles. The zero-order valence-electron chi connectivity index (χ0n) is 25.2. The molecule has 0 bridgehead atoms. The summed E-state index contributed by atoms with van der Waals surface area (Å²) < 4.78 is 11.2. The van der Waals surface area contributed by atoms with Crippen molar-refractivity contribution in [1.29, 1.82) is 0 Å². The van der Waals surface area contributed by atoms with Crippen molar-refractivity contribution in [2.24, 2.45) is 0 Å². The Kier molecular flexibility index (Phi) is 10.6. The fourth-order valence-corrected chi connectivity index (χ4v) is 4.73. The molecule has 0 aliphatic carbocycles. The predicted octanol–water partition coefficient (Wildman–Crippen LogP) is 6.95. The Balaban J connectivity index is 1.66. The van der Waals surface area contributed by atoms with E-state index in [9.17, 15) is 9.59 Å². The molecule has 43 heavy (non-hydrogen) atoms. The van der Waals surface area contributed by atoms with Gasteiger partial charge in [0.2, 0.25) is 0 Å². The van der Waals surface area contributed by atoms with Gasteiger partial charge in [-0.15, -0.1) is 0 Å². The summed E-state index contributed by atoms with van der Waals surface area (Å²) in [4.78, 5) is 33.2. The van der Waals surface area contributed by atoms with Gasteiger partial charge in [-0.25, -0.2) is 10.3 Å². The molecule has 0 spiro atoms. The lowest BCUT2D eigenvalue weighted by Gasteiger charge is -2.35. The predicted molar refractivity (Wildman–Crippen MR) is 168 cm³/mol. The summed E-state index contributed by atoms with van der Waals surface area (Å²) in [5.74, 6) is 0.220. The molecular formula is C36H40N2O5. The van der Waals surface area contributed by atoms with Gasteiger partial charge in [-0.05, 0) is 61.6 Å². The van der Waals surface area contributed by atoms with E-state index < -0.39 is 29.2 Å². The number of benzene rings is 4. The number of hydroxylamine groups is 1. The summed E-state index contributed by atoms with van der Waals surface area (Å²) in [6.45, 7) is 7.98. The zero-order chi connectivity index (χ0) is 30.7. The first kappa shape index (κ1) is 31.3. The summed E-state index contributed by atoms with van der Waals surface area (Å²) in [6, 6.07) is 35.7. The van der Waals surface area contributed by atoms with E-state index in [1.54, 1.807) is 20.8 Å². The van der Waals surface area contributed by atoms with E-state index in [0.29, 0.717) is 6.61 Å². The van der Waals surface area contributed by atoms with Crippen LogP contribution in [0.4, 0.5) is 4.79 Å². The second-order valence-electron chi connectivity index (χ2n) is 11.2. The molecule has 0 aliphatic heterocycles. The second kappa shape index (κ2) is 14.5. The second-order valence-corrected chi connectivity index (χ2v) is 11.2. The number of alkyl carbamates (subject to hydrolysis) is 1. The van der Waals surface area contributed by atoms with Crippen molar-refractivity contribution in [1.82, 2.24) is 10.8 Å². The zero-order valence-corrected chi connectivity index (χ0v) is 25.2. The van der Waals surface area contributed by atoms with Crippen LogP contribution >= 0.6 is 0 Å². The molecule has 0 radical (unpaired) electrons. The minimum absolute atomic E-state index is 0.206. The summed E-state index contributed by atoms with van der Waals surface area (Å²) >= 11 is 0. The fraction of sp³-hybridized carbons (Fsp3) is 0.278. The van der Waals surface area contributed by atoms with Gasteiger partial charge in [0.15, 0.2) is 5.60 Å². The molecule has 224 valence electrons. The van der Waals surface area contributed by atoms with Crippen molar-refractivity contribution >= 4 is 12.0 Å². The molecule has 0 aliphatic rings. The van der Waals surface area contributed by atoms with Gasteiger partial charge in [0.05, 0.1) is 6.61 Å². The lowest BCUT2D eigenvalue weighted by molar-refractivity contribution is -0.145. The number of nitrogens with one attached hydrogen (secondary N) is 2. The molecule has 0 fully saturated rings. The van der Waals surface area contributed by atoms with Crippen LogP contribution in [0, 0.1) is 0 Å². The Labute approximate surface area is 254 Å². The van der Waals surface area contributed by atoms with Crippen LogP contribution in [0.25, 0.3) is 0 Å². The molecule has 7 nitrogen and oxygen atoms in total. The van der Waals surface area contributed by atoms with Crippen molar-refractivity contribution in [3.63, 3.8) is 0 Å². The molecular weight excluding hydrogens is 540 g/mol. The van der Waals surface area contributed by atoms with E-state index in [1.165, 1.54) is 0 Å². The van der Waals surface area contributed by atoms with Gasteiger partial charge in [-0.2, -0.15) is 0 Å². The van der Waals surface area contributed by atoms with Crippen molar-refractivity contribution in [2.45, 2.75) is 57.8 Å². The van der Waals surface area contributed by atoms with E-state index in [2.05, 4.69) is 10.8 Å². The molecule has 1 atom stereocenters. The number of hydrogen-bond acceptors (Lipinski definition) is 5. The molecule has 4 rings (SSSR count). The first-order chi connectivity index (χ1) is 20.7. The first-order valence-corrected chi connectivity index (χ1v) is 14.6. The Morgan fingerprint density at radius 1 is 0.721 bits per heavy atom. The lowest BCUT2D eigenvalue weighted by atomic mass is 9.80. The van der Waals surface area contributed by atoms with Gasteiger partial charge in [-0.1, -0.05) is 110 Å². The summed E-state index contributed by atoms with van der Waals surface area (Å²) in [5.41, 5.74) is 4.12. The summed E-state index contributed by atoms with van der Waals surface area (Å²) in [7, 11) is 0. The number of carbonyl (C=O) groups is 2. The van der Waals surface area contributed by atoms with Gasteiger partial charge in [0.25, 0.3) is 5.91 Å². The maximum atomic E-state index is 13.9. The molecule has 0 unspecified atom stereocenters. The van der Waals surface area contributed by atoms with E-state index in [4.69, 9.17) is 14.3 Å². The highest BCUT2D eigenvalue weighted by Gasteiger charge is 2.39. The highest BCUT2D eigenvalue weighted by Crippen LogP contribution is 2.39. The Morgan fingerprint density at radius 2 is 1.21 bits per heavy atom. The van der Waals surface area contributed by atoms with E-state index >= 15 is 0 Å². The highest BCUT2D eigenvalue weighted by molar-refractivity contribution is 5.85. The van der Waals surface area contributed by atoms with Crippen LogP contribution in [0.3, 0.4) is 0 Å². The van der Waals surface area contributed by atoms with Crippen LogP contribution in [0.5, 0.6) is 5.75 Å². The molecule has 7 heteroatoms. The van der Waals surface area contributed by atoms with Crippen molar-refractivity contribution < 1.29 is 23.9 Å². The number of amides is 2. The number of ether oxygens (including phenoxy) is 2. The van der Waals surface area contributed by atoms with Crippen LogP contribution in [0.2, 0.25) is 0 Å². The normalized spacial score (nSPS) is 12.2. The van der Waals surface area contributed by atoms with Crippen molar-refractivity contribution in [3.05, 3.63) is 138 Å². The Bertz CT molecular complexity index is 1340. The number of carbonyl (C=O) groups excluding carboxylic acids is 2. The Hall–Kier alpha value is -4.62. The van der Waals surface area contributed by atoms with Crippen LogP contribution < -0.4 is 15.5 Å². The molecule has 4 aromatic rings. The summed E-state index contributed by atoms with van der Waals surface area (Å²) in [6.07, 6.45) is 0.411. The topological polar surface area (TPSA) is 85.9 Å². The molecule has 2 amide bonds. The molecule has 4 aromatic carbocycles. The third-order valence-electron chi connectivity index (χ3n) is 6.69. The third kappa shape index (κ3) is 8.46. The highest BCUT2D eigenvalue weighted by atomic mass is 16.7. The molecule has 0 saturated heterocycles. The molecule has 0 heterocycles. The van der Waals surface area contributed by atoms with Crippen molar-refractivity contribution in [3.8, 4) is 5.75 Å². The maximum absolute atomic E-state index is 13.9. The average Bonchev–Trinajstić information content (AvgIpc) is 3.01. The largest absolute Gasteiger partial charge is 0.494 e. The lowest BCUT2D eigenvalue weighted by Crippen LogP contribution is -2.51. The van der Waals surface area contributed by atoms with Gasteiger partial charge < -0.3 is 14.8 Å². The van der Waals surface area contributed by atoms with E-state index in [-0.39, 0.29) is 6.42 Å². The van der Waals surface area contributed by atoms with Crippen LogP contribution in [0.1, 0.15) is 56.4 Å². The minimum Gasteiger partial charge on any atom is -0.494 e. The SMILES string of the molecule is CCCOc1ccc(C[C@H](NC(=O)OC(C)(C)C)C(=O)NOC(c2ccccc2)(c2ccccc2)c2ccccc2)cc1. The van der Waals surface area contributed by atoms with Crippen LogP contribution in [-0.2, 0) is 26.4 Å². The van der Waals surface area contributed by atoms with E-state index in [0.717, 1.165) is 34.4 Å². The van der Waals surface area contributed by atoms with Crippen molar-refractivity contribution in [2.75, 3.05) is 6.61 Å². The first-order valence-electron chi connectivity index (χ1n) is 14.6. The molecule has 0 saturated carbocycles. The standard InChI is InChI=1S/C36H40N2O5/c1-5-25-41-31-23-21-27(22-24-31)26-32(37-34(40)42-35(2,3)4)33(39)38-43-36(28-15-9-6-10-16-28,29-17-11-7-12-18-29)30-19-13-8-14-20-30/h6-24,32H,5,25-26H2,1-4H3,(H,37,40)(H,38,39)/t32-/m0/s1. The number of rotatable bonds is 12. The fourth-order valence-electron chi connectivity index (χ4n) is 4.73. The van der Waals surface area contributed by atoms with Gasteiger partial charge in [0, 0.05) is 6.42 Å². The molecule has 2 N–H and O–H groups in total.